The van der Waals surface area contributed by atoms with Crippen LogP contribution in [0.15, 0.2) is 30.3 Å². The maximum absolute atomic E-state index is 13.5. The Balaban J connectivity index is 2.11. The highest BCUT2D eigenvalue weighted by Gasteiger charge is 2.42. The molecule has 0 bridgehead atoms. The van der Waals surface area contributed by atoms with Crippen LogP contribution in [0.3, 0.4) is 0 Å². The van der Waals surface area contributed by atoms with Gasteiger partial charge in [-0.3, -0.25) is 10.1 Å². The van der Waals surface area contributed by atoms with Gasteiger partial charge in [0.15, 0.2) is 0 Å². The van der Waals surface area contributed by atoms with E-state index in [0.717, 1.165) is 5.56 Å². The summed E-state index contributed by atoms with van der Waals surface area (Å²) in [5.41, 5.74) is -0.290. The Hall–Kier alpha value is -2.65. The normalized spacial score (nSPS) is 16.4. The first kappa shape index (κ1) is 29.6. The molecule has 3 N–H and O–H groups in total. The first-order valence-corrected chi connectivity index (χ1v) is 12.8. The fraction of sp³-hybridized carbons (Fsp3) is 0.667. The van der Waals surface area contributed by atoms with E-state index < -0.39 is 35.3 Å². The second kappa shape index (κ2) is 13.6. The Labute approximate surface area is 215 Å². The fourth-order valence-electron chi connectivity index (χ4n) is 3.83. The number of amides is 2. The summed E-state index contributed by atoms with van der Waals surface area (Å²) in [7, 11) is 0. The van der Waals surface area contributed by atoms with E-state index in [1.807, 2.05) is 51.1 Å². The number of ether oxygens (including phenoxy) is 3. The van der Waals surface area contributed by atoms with Crippen LogP contribution in [0.2, 0.25) is 0 Å². The maximum Gasteiger partial charge on any atom is 0.407 e. The van der Waals surface area contributed by atoms with Crippen molar-refractivity contribution >= 4 is 18.0 Å². The minimum absolute atomic E-state index is 0.213. The molecule has 0 radical (unpaired) electrons. The van der Waals surface area contributed by atoms with E-state index in [9.17, 15) is 14.4 Å². The van der Waals surface area contributed by atoms with Crippen molar-refractivity contribution in [2.75, 3.05) is 26.4 Å². The van der Waals surface area contributed by atoms with Crippen LogP contribution in [0, 0.1) is 5.92 Å². The second-order valence-corrected chi connectivity index (χ2v) is 10.9. The van der Waals surface area contributed by atoms with E-state index in [2.05, 4.69) is 16.0 Å². The van der Waals surface area contributed by atoms with E-state index in [-0.39, 0.29) is 18.4 Å². The van der Waals surface area contributed by atoms with Gasteiger partial charge in [-0.2, -0.15) is 0 Å². The van der Waals surface area contributed by atoms with Crippen LogP contribution in [0.5, 0.6) is 0 Å². The van der Waals surface area contributed by atoms with Gasteiger partial charge >= 0.3 is 12.1 Å². The number of hydrogen-bond donors (Lipinski definition) is 3. The molecule has 1 fully saturated rings. The lowest BCUT2D eigenvalue weighted by Gasteiger charge is -2.44. The fourth-order valence-corrected chi connectivity index (χ4v) is 3.83. The molecule has 1 aliphatic heterocycles. The Kier molecular flexibility index (Phi) is 11.2. The monoisotopic (exact) mass is 505 g/mol. The Morgan fingerprint density at radius 1 is 1.08 bits per heavy atom. The SMILES string of the molecule is CCCOC(=O)[C@H](Cc1ccccc1)NC(=O)[C@H](CC(C)C)NC1(CNC(=O)OC(C)(C)C)COC1. The molecule has 1 aromatic carbocycles. The molecule has 1 aliphatic rings. The largest absolute Gasteiger partial charge is 0.464 e. The zero-order chi connectivity index (χ0) is 26.8. The zero-order valence-electron chi connectivity index (χ0n) is 22.5. The molecule has 36 heavy (non-hydrogen) atoms. The summed E-state index contributed by atoms with van der Waals surface area (Å²) in [6.45, 7) is 12.6. The van der Waals surface area contributed by atoms with Crippen LogP contribution < -0.4 is 16.0 Å². The van der Waals surface area contributed by atoms with E-state index in [0.29, 0.717) is 39.1 Å². The highest BCUT2D eigenvalue weighted by atomic mass is 16.6. The average molecular weight is 506 g/mol. The van der Waals surface area contributed by atoms with Crippen LogP contribution in [-0.2, 0) is 30.2 Å². The van der Waals surface area contributed by atoms with Gasteiger partial charge in [-0.15, -0.1) is 0 Å². The highest BCUT2D eigenvalue weighted by molar-refractivity contribution is 5.87. The van der Waals surface area contributed by atoms with E-state index in [1.165, 1.54) is 0 Å². The van der Waals surface area contributed by atoms with Crippen LogP contribution in [-0.4, -0.2) is 67.6 Å². The number of alkyl carbamates (subject to hydrolysis) is 1. The lowest BCUT2D eigenvalue weighted by molar-refractivity contribution is -0.148. The van der Waals surface area contributed by atoms with Gasteiger partial charge in [0.25, 0.3) is 0 Å². The number of esters is 1. The lowest BCUT2D eigenvalue weighted by Crippen LogP contribution is -2.70. The van der Waals surface area contributed by atoms with Crippen molar-refractivity contribution in [1.29, 1.82) is 0 Å². The molecule has 2 atom stereocenters. The number of carbonyl (C=O) groups is 3. The van der Waals surface area contributed by atoms with Gasteiger partial charge in [-0.1, -0.05) is 51.1 Å². The van der Waals surface area contributed by atoms with Crippen molar-refractivity contribution in [3.05, 3.63) is 35.9 Å². The van der Waals surface area contributed by atoms with Gasteiger partial charge in [-0.05, 0) is 45.1 Å². The van der Waals surface area contributed by atoms with Gasteiger partial charge in [0, 0.05) is 13.0 Å². The number of benzene rings is 1. The standard InChI is InChI=1S/C27H43N3O6/c1-7-13-35-24(32)22(15-20-11-9-8-10-12-20)29-23(31)21(14-19(2)3)30-27(17-34-18-27)16-28-25(33)36-26(4,5)6/h8-12,19,21-22,30H,7,13-18H2,1-6H3,(H,28,33)(H,29,31)/t21-,22-/m0/s1. The number of hydrogen-bond acceptors (Lipinski definition) is 7. The molecule has 9 heteroatoms. The maximum atomic E-state index is 13.5. The average Bonchev–Trinajstić information content (AvgIpc) is 2.77. The molecular weight excluding hydrogens is 462 g/mol. The Morgan fingerprint density at radius 2 is 1.75 bits per heavy atom. The van der Waals surface area contributed by atoms with Gasteiger partial charge in [0.05, 0.1) is 31.4 Å². The number of rotatable bonds is 13. The van der Waals surface area contributed by atoms with Crippen LogP contribution >= 0.6 is 0 Å². The predicted molar refractivity (Wildman–Crippen MR) is 137 cm³/mol. The molecule has 0 aliphatic carbocycles. The third-order valence-corrected chi connectivity index (χ3v) is 5.56. The van der Waals surface area contributed by atoms with E-state index >= 15 is 0 Å². The summed E-state index contributed by atoms with van der Waals surface area (Å²) in [4.78, 5) is 38.4. The van der Waals surface area contributed by atoms with Crippen molar-refractivity contribution in [3.63, 3.8) is 0 Å². The van der Waals surface area contributed by atoms with E-state index in [4.69, 9.17) is 14.2 Å². The minimum Gasteiger partial charge on any atom is -0.464 e. The molecule has 2 rings (SSSR count). The molecule has 0 spiro atoms. The quantitative estimate of drug-likeness (QED) is 0.353. The molecular formula is C27H43N3O6. The van der Waals surface area contributed by atoms with Crippen molar-refractivity contribution in [3.8, 4) is 0 Å². The molecule has 1 aromatic rings. The molecule has 202 valence electrons. The Bertz CT molecular complexity index is 849. The molecule has 9 nitrogen and oxygen atoms in total. The summed E-state index contributed by atoms with van der Waals surface area (Å²) < 4.78 is 16.1. The van der Waals surface area contributed by atoms with Crippen molar-refractivity contribution in [2.45, 2.75) is 84.0 Å². The van der Waals surface area contributed by atoms with Crippen molar-refractivity contribution < 1.29 is 28.6 Å². The van der Waals surface area contributed by atoms with Crippen molar-refractivity contribution in [1.82, 2.24) is 16.0 Å². The molecule has 2 amide bonds. The van der Waals surface area contributed by atoms with Crippen molar-refractivity contribution in [2.24, 2.45) is 5.92 Å². The Morgan fingerprint density at radius 3 is 2.28 bits per heavy atom. The summed E-state index contributed by atoms with van der Waals surface area (Å²) in [6.07, 6.45) is 1.05. The number of nitrogens with one attached hydrogen (secondary N) is 3. The zero-order valence-corrected chi connectivity index (χ0v) is 22.5. The lowest BCUT2D eigenvalue weighted by atomic mass is 9.93. The molecule has 1 saturated heterocycles. The predicted octanol–water partition coefficient (Wildman–Crippen LogP) is 2.97. The number of carbonyl (C=O) groups excluding carboxylic acids is 3. The molecule has 1 heterocycles. The first-order chi connectivity index (χ1) is 16.9. The second-order valence-electron chi connectivity index (χ2n) is 10.9. The van der Waals surface area contributed by atoms with Crippen LogP contribution in [0.4, 0.5) is 4.79 Å². The van der Waals surface area contributed by atoms with Gasteiger partial charge in [0.2, 0.25) is 5.91 Å². The first-order valence-electron chi connectivity index (χ1n) is 12.8. The summed E-state index contributed by atoms with van der Waals surface area (Å²) in [5.74, 6) is -0.531. The summed E-state index contributed by atoms with van der Waals surface area (Å²) in [6, 6.07) is 8.13. The summed E-state index contributed by atoms with van der Waals surface area (Å²) >= 11 is 0. The van der Waals surface area contributed by atoms with E-state index in [1.54, 1.807) is 20.8 Å². The third-order valence-electron chi connectivity index (χ3n) is 5.56. The third kappa shape index (κ3) is 10.1. The van der Waals surface area contributed by atoms with Crippen LogP contribution in [0.25, 0.3) is 0 Å². The van der Waals surface area contributed by atoms with Gasteiger partial charge < -0.3 is 24.8 Å². The molecule has 0 saturated carbocycles. The summed E-state index contributed by atoms with van der Waals surface area (Å²) in [5, 5.41) is 9.11. The highest BCUT2D eigenvalue weighted by Crippen LogP contribution is 2.20. The van der Waals surface area contributed by atoms with Gasteiger partial charge in [0.1, 0.15) is 11.6 Å². The minimum atomic E-state index is -0.809. The van der Waals surface area contributed by atoms with Crippen LogP contribution in [0.1, 0.15) is 59.9 Å². The van der Waals surface area contributed by atoms with Gasteiger partial charge in [-0.25, -0.2) is 9.59 Å². The smallest absolute Gasteiger partial charge is 0.407 e. The topological polar surface area (TPSA) is 115 Å². The molecule has 0 aromatic heterocycles. The molecule has 0 unspecified atom stereocenters.